The highest BCUT2D eigenvalue weighted by Crippen LogP contribution is 2.29. The number of carbonyl (C=O) groups excluding carboxylic acids is 2. The molecular weight excluding hydrogens is 282 g/mol. The van der Waals surface area contributed by atoms with Gasteiger partial charge in [-0.3, -0.25) is 10.2 Å². The van der Waals surface area contributed by atoms with Crippen LogP contribution in [0, 0.1) is 0 Å². The normalized spacial score (nSPS) is 13.5. The third-order valence-corrected chi connectivity index (χ3v) is 3.91. The van der Waals surface area contributed by atoms with Crippen LogP contribution in [0.2, 0.25) is 0 Å². The average molecular weight is 301 g/mol. The molecule has 6 nitrogen and oxygen atoms in total. The average Bonchev–Trinajstić information content (AvgIpc) is 2.90. The zero-order valence-corrected chi connectivity index (χ0v) is 12.5. The Balaban J connectivity index is 1.79. The van der Waals surface area contributed by atoms with E-state index in [4.69, 9.17) is 4.74 Å². The number of benzene rings is 1. The number of aromatic amines is 1. The molecule has 0 saturated carbocycles. The van der Waals surface area contributed by atoms with Crippen LogP contribution in [-0.2, 0) is 17.6 Å². The minimum Gasteiger partial charge on any atom is -0.449 e. The summed E-state index contributed by atoms with van der Waals surface area (Å²) in [6, 6.07) is 5.53. The van der Waals surface area contributed by atoms with Gasteiger partial charge in [-0.25, -0.2) is 10.2 Å². The molecule has 0 radical (unpaired) electrons. The van der Waals surface area contributed by atoms with Crippen LogP contribution < -0.4 is 10.9 Å². The monoisotopic (exact) mass is 301 g/mol. The predicted molar refractivity (Wildman–Crippen MR) is 82.6 cm³/mol. The summed E-state index contributed by atoms with van der Waals surface area (Å²) >= 11 is 0. The van der Waals surface area contributed by atoms with Gasteiger partial charge in [-0.2, -0.15) is 0 Å². The minimum absolute atomic E-state index is 0.253. The Bertz CT molecular complexity index is 721. The fourth-order valence-corrected chi connectivity index (χ4v) is 2.89. The first-order chi connectivity index (χ1) is 10.7. The number of hydrogen-bond acceptors (Lipinski definition) is 3. The van der Waals surface area contributed by atoms with Gasteiger partial charge in [0.05, 0.1) is 6.61 Å². The van der Waals surface area contributed by atoms with Crippen molar-refractivity contribution in [3.05, 3.63) is 35.0 Å². The van der Waals surface area contributed by atoms with Gasteiger partial charge in [0.2, 0.25) is 0 Å². The maximum Gasteiger partial charge on any atom is 0.426 e. The van der Waals surface area contributed by atoms with Gasteiger partial charge in [-0.15, -0.1) is 0 Å². The number of aromatic nitrogens is 1. The van der Waals surface area contributed by atoms with Gasteiger partial charge in [0, 0.05) is 22.2 Å². The quantitative estimate of drug-likeness (QED) is 0.745. The largest absolute Gasteiger partial charge is 0.449 e. The summed E-state index contributed by atoms with van der Waals surface area (Å²) in [6.45, 7) is 1.95. The summed E-state index contributed by atoms with van der Waals surface area (Å²) in [6.07, 6.45) is 3.82. The van der Waals surface area contributed by atoms with Crippen molar-refractivity contribution in [2.45, 2.75) is 32.6 Å². The third kappa shape index (κ3) is 2.77. The summed E-state index contributed by atoms with van der Waals surface area (Å²) in [5.41, 5.74) is 8.73. The molecule has 2 amide bonds. The van der Waals surface area contributed by atoms with Crippen molar-refractivity contribution in [3.63, 3.8) is 0 Å². The van der Waals surface area contributed by atoms with Gasteiger partial charge in [-0.05, 0) is 56.4 Å². The Morgan fingerprint density at radius 1 is 1.23 bits per heavy atom. The maximum atomic E-state index is 12.1. The SMILES string of the molecule is CCOC(=O)NNC(=O)c1ccc2[nH]c3c(c2c1)CCCC3. The van der Waals surface area contributed by atoms with Crippen molar-refractivity contribution in [2.75, 3.05) is 6.61 Å². The smallest absolute Gasteiger partial charge is 0.426 e. The highest BCUT2D eigenvalue weighted by Gasteiger charge is 2.17. The van der Waals surface area contributed by atoms with Crippen LogP contribution in [0.5, 0.6) is 0 Å². The molecule has 116 valence electrons. The van der Waals surface area contributed by atoms with Gasteiger partial charge in [-0.1, -0.05) is 0 Å². The first kappa shape index (κ1) is 14.4. The summed E-state index contributed by atoms with van der Waals surface area (Å²) in [4.78, 5) is 26.7. The van der Waals surface area contributed by atoms with E-state index in [1.54, 1.807) is 13.0 Å². The molecule has 0 aliphatic heterocycles. The number of carbonyl (C=O) groups is 2. The van der Waals surface area contributed by atoms with E-state index in [2.05, 4.69) is 15.8 Å². The fraction of sp³-hybridized carbons (Fsp3) is 0.375. The first-order valence-electron chi connectivity index (χ1n) is 7.55. The van der Waals surface area contributed by atoms with E-state index >= 15 is 0 Å². The molecule has 3 N–H and O–H groups in total. The number of hydrazine groups is 1. The Kier molecular flexibility index (Phi) is 4.00. The molecule has 0 bridgehead atoms. The molecule has 1 aliphatic carbocycles. The summed E-state index contributed by atoms with van der Waals surface area (Å²) in [5.74, 6) is -0.360. The van der Waals surface area contributed by atoms with E-state index in [-0.39, 0.29) is 12.5 Å². The second kappa shape index (κ2) is 6.09. The van der Waals surface area contributed by atoms with Crippen molar-refractivity contribution >= 4 is 22.9 Å². The Morgan fingerprint density at radius 2 is 2.05 bits per heavy atom. The van der Waals surface area contributed by atoms with Crippen LogP contribution in [0.25, 0.3) is 10.9 Å². The van der Waals surface area contributed by atoms with Crippen LogP contribution in [0.4, 0.5) is 4.79 Å². The second-order valence-electron chi connectivity index (χ2n) is 5.35. The lowest BCUT2D eigenvalue weighted by Crippen LogP contribution is -2.41. The molecule has 2 aromatic rings. The van der Waals surface area contributed by atoms with E-state index in [0.717, 1.165) is 23.7 Å². The lowest BCUT2D eigenvalue weighted by molar-refractivity contribution is 0.0913. The number of hydrogen-bond donors (Lipinski definition) is 3. The number of fused-ring (bicyclic) bond motifs is 3. The van der Waals surface area contributed by atoms with E-state index in [0.29, 0.717) is 5.56 Å². The van der Waals surface area contributed by atoms with Gasteiger partial charge < -0.3 is 9.72 Å². The molecule has 1 aromatic heterocycles. The lowest BCUT2D eigenvalue weighted by atomic mass is 9.95. The lowest BCUT2D eigenvalue weighted by Gasteiger charge is -2.10. The topological polar surface area (TPSA) is 83.2 Å². The van der Waals surface area contributed by atoms with E-state index in [1.165, 1.54) is 24.1 Å². The maximum absolute atomic E-state index is 12.1. The Hall–Kier alpha value is -2.50. The standard InChI is InChI=1S/C16H19N3O3/c1-2-22-16(21)19-18-15(20)10-7-8-14-12(9-10)11-5-3-4-6-13(11)17-14/h7-9,17H,2-6H2,1H3,(H,18,20)(H,19,21). The molecule has 0 unspecified atom stereocenters. The zero-order chi connectivity index (χ0) is 15.5. The van der Waals surface area contributed by atoms with Gasteiger partial charge in [0.15, 0.2) is 0 Å². The number of nitrogens with one attached hydrogen (secondary N) is 3. The zero-order valence-electron chi connectivity index (χ0n) is 12.5. The van der Waals surface area contributed by atoms with Crippen LogP contribution in [0.3, 0.4) is 0 Å². The van der Waals surface area contributed by atoms with Crippen LogP contribution in [-0.4, -0.2) is 23.6 Å². The van der Waals surface area contributed by atoms with E-state index in [1.807, 2.05) is 12.1 Å². The summed E-state index contributed by atoms with van der Waals surface area (Å²) in [7, 11) is 0. The van der Waals surface area contributed by atoms with Crippen molar-refractivity contribution < 1.29 is 14.3 Å². The van der Waals surface area contributed by atoms with Crippen molar-refractivity contribution in [3.8, 4) is 0 Å². The van der Waals surface area contributed by atoms with Crippen LogP contribution >= 0.6 is 0 Å². The number of rotatable bonds is 2. The molecule has 1 aliphatic rings. The molecule has 3 rings (SSSR count). The summed E-state index contributed by atoms with van der Waals surface area (Å²) in [5, 5.41) is 1.10. The number of H-pyrrole nitrogens is 1. The third-order valence-electron chi connectivity index (χ3n) is 3.91. The first-order valence-corrected chi connectivity index (χ1v) is 7.55. The molecule has 0 saturated heterocycles. The molecule has 0 spiro atoms. The molecule has 1 aromatic carbocycles. The number of ether oxygens (including phenoxy) is 1. The highest BCUT2D eigenvalue weighted by atomic mass is 16.5. The van der Waals surface area contributed by atoms with Crippen molar-refractivity contribution in [1.82, 2.24) is 15.8 Å². The van der Waals surface area contributed by atoms with Crippen LogP contribution in [0.1, 0.15) is 41.4 Å². The van der Waals surface area contributed by atoms with Crippen molar-refractivity contribution in [2.24, 2.45) is 0 Å². The van der Waals surface area contributed by atoms with E-state index in [9.17, 15) is 9.59 Å². The molecular formula is C16H19N3O3. The molecule has 6 heteroatoms. The Morgan fingerprint density at radius 3 is 2.86 bits per heavy atom. The van der Waals surface area contributed by atoms with Gasteiger partial charge in [0.1, 0.15) is 0 Å². The van der Waals surface area contributed by atoms with Crippen LogP contribution in [0.15, 0.2) is 18.2 Å². The molecule has 1 heterocycles. The second-order valence-corrected chi connectivity index (χ2v) is 5.35. The molecule has 22 heavy (non-hydrogen) atoms. The number of aryl methyl sites for hydroxylation is 2. The predicted octanol–water partition coefficient (Wildman–Crippen LogP) is 2.44. The highest BCUT2D eigenvalue weighted by molar-refractivity contribution is 5.99. The van der Waals surface area contributed by atoms with Gasteiger partial charge >= 0.3 is 6.09 Å². The molecule has 0 atom stereocenters. The van der Waals surface area contributed by atoms with Gasteiger partial charge in [0.25, 0.3) is 5.91 Å². The molecule has 0 fully saturated rings. The number of amides is 2. The minimum atomic E-state index is -0.670. The fourth-order valence-electron chi connectivity index (χ4n) is 2.89. The van der Waals surface area contributed by atoms with Crippen molar-refractivity contribution in [1.29, 1.82) is 0 Å². The Labute approximate surface area is 128 Å². The summed E-state index contributed by atoms with van der Waals surface area (Å²) < 4.78 is 4.69. The van der Waals surface area contributed by atoms with E-state index < -0.39 is 6.09 Å².